The highest BCUT2D eigenvalue weighted by Gasteiger charge is 2.32. The van der Waals surface area contributed by atoms with Crippen molar-refractivity contribution in [2.45, 2.75) is 44.2 Å². The number of H-pyrrole nitrogens is 1. The highest BCUT2D eigenvalue weighted by Crippen LogP contribution is 2.37. The van der Waals surface area contributed by atoms with E-state index in [1.54, 1.807) is 10.8 Å². The molecule has 2 aliphatic carbocycles. The minimum absolute atomic E-state index is 0.226. The molecule has 0 atom stereocenters. The molecular weight excluding hydrogens is 232 g/mol. The third-order valence-electron chi connectivity index (χ3n) is 4.08. The lowest BCUT2D eigenvalue weighted by molar-refractivity contribution is -0.0380. The second-order valence-corrected chi connectivity index (χ2v) is 5.39. The molecule has 1 aromatic rings. The van der Waals surface area contributed by atoms with Gasteiger partial charge in [-0.15, -0.1) is 0 Å². The zero-order chi connectivity index (χ0) is 12.5. The fraction of sp³-hybridized carbons (Fsp3) is 0.692. The van der Waals surface area contributed by atoms with Gasteiger partial charge in [0.15, 0.2) is 0 Å². The summed E-state index contributed by atoms with van der Waals surface area (Å²) in [7, 11) is 0. The Morgan fingerprint density at radius 2 is 2.11 bits per heavy atom. The van der Waals surface area contributed by atoms with Gasteiger partial charge in [-0.05, 0) is 38.0 Å². The molecule has 0 amide bonds. The third kappa shape index (κ3) is 2.27. The lowest BCUT2D eigenvalue weighted by Gasteiger charge is -2.37. The Bertz CT molecular complexity index is 524. The van der Waals surface area contributed by atoms with E-state index < -0.39 is 0 Å². The first kappa shape index (κ1) is 11.7. The topological polar surface area (TPSA) is 64.1 Å². The van der Waals surface area contributed by atoms with Crippen molar-refractivity contribution >= 4 is 0 Å². The van der Waals surface area contributed by atoms with Crippen LogP contribution in [-0.2, 0) is 4.74 Å². The van der Waals surface area contributed by atoms with Crippen molar-refractivity contribution in [1.82, 2.24) is 9.55 Å². The molecule has 98 valence electrons. The van der Waals surface area contributed by atoms with Crippen molar-refractivity contribution in [2.75, 3.05) is 6.61 Å². The summed E-state index contributed by atoms with van der Waals surface area (Å²) in [6.45, 7) is 0.819. The summed E-state index contributed by atoms with van der Waals surface area (Å²) in [5.74, 6) is 0.564. The van der Waals surface area contributed by atoms with E-state index in [0.717, 1.165) is 19.4 Å². The van der Waals surface area contributed by atoms with E-state index in [2.05, 4.69) is 4.98 Å². The van der Waals surface area contributed by atoms with Crippen LogP contribution in [0.2, 0.25) is 0 Å². The van der Waals surface area contributed by atoms with Crippen LogP contribution in [0.4, 0.5) is 0 Å². The predicted molar refractivity (Wildman–Crippen MR) is 66.7 cm³/mol. The van der Waals surface area contributed by atoms with Crippen LogP contribution in [0.5, 0.6) is 0 Å². The molecule has 0 saturated heterocycles. The first-order valence-corrected chi connectivity index (χ1v) is 6.65. The van der Waals surface area contributed by atoms with Crippen molar-refractivity contribution in [3.05, 3.63) is 33.1 Å². The van der Waals surface area contributed by atoms with Crippen molar-refractivity contribution < 1.29 is 4.74 Å². The molecule has 2 saturated carbocycles. The molecule has 0 aromatic carbocycles. The van der Waals surface area contributed by atoms with Crippen LogP contribution >= 0.6 is 0 Å². The van der Waals surface area contributed by atoms with E-state index in [0.29, 0.717) is 12.0 Å². The Kier molecular flexibility index (Phi) is 3.07. The largest absolute Gasteiger partial charge is 0.378 e. The number of nitrogens with zero attached hydrogens (tertiary/aromatic N) is 1. The normalized spacial score (nSPS) is 27.6. The van der Waals surface area contributed by atoms with Crippen LogP contribution in [0, 0.1) is 5.92 Å². The molecule has 3 rings (SSSR count). The average molecular weight is 250 g/mol. The Hall–Kier alpha value is -1.36. The minimum Gasteiger partial charge on any atom is -0.378 e. The Morgan fingerprint density at radius 1 is 1.33 bits per heavy atom. The lowest BCUT2D eigenvalue weighted by atomic mass is 9.80. The standard InChI is InChI=1S/C13H18N2O3/c16-12-4-5-15(13(17)14-12)10-6-9(7-10)8-18-11-2-1-3-11/h4-5,9-11H,1-3,6-8H2,(H,14,16,17)/t9-,10+. The quantitative estimate of drug-likeness (QED) is 0.869. The molecule has 0 unspecified atom stereocenters. The van der Waals surface area contributed by atoms with E-state index in [1.165, 1.54) is 25.3 Å². The third-order valence-corrected chi connectivity index (χ3v) is 4.08. The molecule has 0 aliphatic heterocycles. The number of hydrogen-bond acceptors (Lipinski definition) is 3. The van der Waals surface area contributed by atoms with E-state index in [4.69, 9.17) is 4.74 Å². The molecule has 0 spiro atoms. The molecule has 1 N–H and O–H groups in total. The van der Waals surface area contributed by atoms with Crippen molar-refractivity contribution in [1.29, 1.82) is 0 Å². The molecule has 0 bridgehead atoms. The SMILES string of the molecule is O=c1ccn([C@H]2C[C@@H](COC3CCC3)C2)c(=O)[nH]1. The van der Waals surface area contributed by atoms with Gasteiger partial charge in [0.25, 0.3) is 5.56 Å². The molecular formula is C13H18N2O3. The summed E-state index contributed by atoms with van der Waals surface area (Å²) in [4.78, 5) is 24.8. The second kappa shape index (κ2) is 4.72. The number of ether oxygens (including phenoxy) is 1. The van der Waals surface area contributed by atoms with E-state index in [9.17, 15) is 9.59 Å². The molecule has 2 aliphatic rings. The van der Waals surface area contributed by atoms with Crippen LogP contribution in [-0.4, -0.2) is 22.3 Å². The number of aromatic amines is 1. The number of rotatable bonds is 4. The predicted octanol–water partition coefficient (Wildman–Crippen LogP) is 1.06. The zero-order valence-electron chi connectivity index (χ0n) is 10.3. The van der Waals surface area contributed by atoms with Gasteiger partial charge in [0.1, 0.15) is 0 Å². The average Bonchev–Trinajstić information content (AvgIpc) is 2.20. The van der Waals surface area contributed by atoms with Gasteiger partial charge >= 0.3 is 5.69 Å². The van der Waals surface area contributed by atoms with Crippen LogP contribution < -0.4 is 11.2 Å². The fourth-order valence-electron chi connectivity index (χ4n) is 2.59. The maximum absolute atomic E-state index is 11.6. The van der Waals surface area contributed by atoms with Gasteiger partial charge in [0, 0.05) is 24.9 Å². The van der Waals surface area contributed by atoms with Gasteiger partial charge in [-0.1, -0.05) is 0 Å². The smallest absolute Gasteiger partial charge is 0.328 e. The summed E-state index contributed by atoms with van der Waals surface area (Å²) in [6.07, 6.45) is 7.72. The minimum atomic E-state index is -0.333. The maximum Gasteiger partial charge on any atom is 0.328 e. The Morgan fingerprint density at radius 3 is 2.72 bits per heavy atom. The molecule has 5 nitrogen and oxygen atoms in total. The van der Waals surface area contributed by atoms with Crippen LogP contribution in [0.25, 0.3) is 0 Å². The summed E-state index contributed by atoms with van der Waals surface area (Å²) >= 11 is 0. The Balaban J connectivity index is 1.51. The first-order valence-electron chi connectivity index (χ1n) is 6.65. The zero-order valence-corrected chi connectivity index (χ0v) is 10.3. The molecule has 5 heteroatoms. The van der Waals surface area contributed by atoms with Crippen molar-refractivity contribution in [3.63, 3.8) is 0 Å². The molecule has 1 aromatic heterocycles. The van der Waals surface area contributed by atoms with Crippen molar-refractivity contribution in [2.24, 2.45) is 5.92 Å². The summed E-state index contributed by atoms with van der Waals surface area (Å²) < 4.78 is 7.40. The molecule has 2 fully saturated rings. The van der Waals surface area contributed by atoms with Crippen LogP contribution in [0.1, 0.15) is 38.1 Å². The maximum atomic E-state index is 11.6. The van der Waals surface area contributed by atoms with Gasteiger partial charge < -0.3 is 4.74 Å². The number of hydrogen-bond donors (Lipinski definition) is 1. The first-order chi connectivity index (χ1) is 8.72. The van der Waals surface area contributed by atoms with Crippen molar-refractivity contribution in [3.8, 4) is 0 Å². The number of aromatic nitrogens is 2. The number of nitrogens with one attached hydrogen (secondary N) is 1. The summed E-state index contributed by atoms with van der Waals surface area (Å²) in [5, 5.41) is 0. The monoisotopic (exact) mass is 250 g/mol. The lowest BCUT2D eigenvalue weighted by Crippen LogP contribution is -2.39. The fourth-order valence-corrected chi connectivity index (χ4v) is 2.59. The van der Waals surface area contributed by atoms with Gasteiger partial charge in [0.2, 0.25) is 0 Å². The molecule has 0 radical (unpaired) electrons. The molecule has 1 heterocycles. The van der Waals surface area contributed by atoms with Gasteiger partial charge in [-0.3, -0.25) is 14.3 Å². The highest BCUT2D eigenvalue weighted by molar-refractivity contribution is 4.91. The van der Waals surface area contributed by atoms with E-state index in [-0.39, 0.29) is 17.3 Å². The van der Waals surface area contributed by atoms with Gasteiger partial charge in [-0.25, -0.2) is 4.79 Å². The molecule has 18 heavy (non-hydrogen) atoms. The summed E-state index contributed by atoms with van der Waals surface area (Å²) in [6, 6.07) is 1.63. The van der Waals surface area contributed by atoms with Crippen LogP contribution in [0.15, 0.2) is 21.9 Å². The second-order valence-electron chi connectivity index (χ2n) is 5.39. The van der Waals surface area contributed by atoms with E-state index >= 15 is 0 Å². The van der Waals surface area contributed by atoms with E-state index in [1.807, 2.05) is 0 Å². The highest BCUT2D eigenvalue weighted by atomic mass is 16.5. The Labute approximate surface area is 105 Å². The van der Waals surface area contributed by atoms with Gasteiger partial charge in [0.05, 0.1) is 6.10 Å². The van der Waals surface area contributed by atoms with Crippen LogP contribution in [0.3, 0.4) is 0 Å². The summed E-state index contributed by atoms with van der Waals surface area (Å²) in [5.41, 5.74) is -0.633. The van der Waals surface area contributed by atoms with Gasteiger partial charge in [-0.2, -0.15) is 0 Å².